The molecule has 1 aromatic heterocycles. The van der Waals surface area contributed by atoms with Gasteiger partial charge in [-0.25, -0.2) is 0 Å². The first-order valence-corrected chi connectivity index (χ1v) is 10.3. The summed E-state index contributed by atoms with van der Waals surface area (Å²) in [5.41, 5.74) is 5.56. The standard InChI is InChI=1S/C21H26N2OS/c24-21(14-16-5-6-17-3-1-2-4-18(17)13-16)22-9-11-23-10-7-20-19(15-23)8-12-25-20/h5-6,8,12-13H,1-4,7,9-11,14-15H2,(H,22,24). The maximum Gasteiger partial charge on any atom is 0.224 e. The summed E-state index contributed by atoms with van der Waals surface area (Å²) in [6.45, 7) is 3.81. The van der Waals surface area contributed by atoms with E-state index in [0.717, 1.165) is 38.2 Å². The minimum Gasteiger partial charge on any atom is -0.355 e. The molecule has 3 nitrogen and oxygen atoms in total. The van der Waals surface area contributed by atoms with Gasteiger partial charge in [-0.2, -0.15) is 0 Å². The predicted molar refractivity (Wildman–Crippen MR) is 103 cm³/mol. The number of aryl methyl sites for hydroxylation is 2. The number of carbonyl (C=O) groups excluding carboxylic acids is 1. The largest absolute Gasteiger partial charge is 0.355 e. The van der Waals surface area contributed by atoms with Gasteiger partial charge in [-0.15, -0.1) is 11.3 Å². The number of amides is 1. The van der Waals surface area contributed by atoms with Crippen LogP contribution in [0.2, 0.25) is 0 Å². The Morgan fingerprint density at radius 1 is 1.08 bits per heavy atom. The van der Waals surface area contributed by atoms with Crippen LogP contribution in [0.1, 0.15) is 40.0 Å². The highest BCUT2D eigenvalue weighted by Gasteiger charge is 2.17. The molecule has 2 heterocycles. The van der Waals surface area contributed by atoms with E-state index in [-0.39, 0.29) is 5.91 Å². The van der Waals surface area contributed by atoms with Crippen LogP contribution in [0.4, 0.5) is 0 Å². The third kappa shape index (κ3) is 4.13. The minimum atomic E-state index is 0.143. The number of hydrogen-bond acceptors (Lipinski definition) is 3. The zero-order chi connectivity index (χ0) is 17.1. The van der Waals surface area contributed by atoms with E-state index in [2.05, 4.69) is 39.9 Å². The van der Waals surface area contributed by atoms with Crippen LogP contribution >= 0.6 is 11.3 Å². The van der Waals surface area contributed by atoms with Crippen molar-refractivity contribution >= 4 is 17.2 Å². The molecule has 4 heteroatoms. The third-order valence-corrected chi connectivity index (χ3v) is 6.44. The van der Waals surface area contributed by atoms with Crippen LogP contribution < -0.4 is 5.32 Å². The second-order valence-electron chi connectivity index (χ2n) is 7.23. The minimum absolute atomic E-state index is 0.143. The molecule has 1 aliphatic carbocycles. The summed E-state index contributed by atoms with van der Waals surface area (Å²) in [6.07, 6.45) is 6.60. The molecule has 0 bridgehead atoms. The quantitative estimate of drug-likeness (QED) is 0.893. The number of hydrogen-bond donors (Lipinski definition) is 1. The molecule has 132 valence electrons. The first kappa shape index (κ1) is 16.8. The Labute approximate surface area is 154 Å². The summed E-state index contributed by atoms with van der Waals surface area (Å²) in [7, 11) is 0. The molecule has 25 heavy (non-hydrogen) atoms. The number of nitrogens with one attached hydrogen (secondary N) is 1. The molecule has 1 N–H and O–H groups in total. The first-order valence-electron chi connectivity index (χ1n) is 9.43. The van der Waals surface area contributed by atoms with Crippen molar-refractivity contribution in [2.45, 2.75) is 45.1 Å². The number of rotatable bonds is 5. The number of thiophene rings is 1. The Hall–Kier alpha value is -1.65. The Morgan fingerprint density at radius 3 is 2.88 bits per heavy atom. The van der Waals surface area contributed by atoms with Gasteiger partial charge in [0.25, 0.3) is 0 Å². The maximum atomic E-state index is 12.3. The molecule has 1 aromatic carbocycles. The molecule has 0 unspecified atom stereocenters. The number of benzene rings is 1. The summed E-state index contributed by atoms with van der Waals surface area (Å²) >= 11 is 1.87. The van der Waals surface area contributed by atoms with E-state index in [9.17, 15) is 4.79 Å². The molecule has 0 atom stereocenters. The van der Waals surface area contributed by atoms with E-state index in [1.54, 1.807) is 0 Å². The Balaban J connectivity index is 1.23. The van der Waals surface area contributed by atoms with Gasteiger partial charge in [-0.1, -0.05) is 18.2 Å². The third-order valence-electron chi connectivity index (χ3n) is 5.41. The van der Waals surface area contributed by atoms with Crippen LogP contribution in [-0.4, -0.2) is 30.4 Å². The fourth-order valence-electron chi connectivity index (χ4n) is 4.00. The second-order valence-corrected chi connectivity index (χ2v) is 8.23. The summed E-state index contributed by atoms with van der Waals surface area (Å²) in [5.74, 6) is 0.143. The van der Waals surface area contributed by atoms with Crippen molar-refractivity contribution in [3.8, 4) is 0 Å². The lowest BCUT2D eigenvalue weighted by Crippen LogP contribution is -2.37. The molecule has 1 aliphatic heterocycles. The first-order chi connectivity index (χ1) is 12.3. The van der Waals surface area contributed by atoms with Gasteiger partial charge in [0.2, 0.25) is 5.91 Å². The molecule has 0 fully saturated rings. The summed E-state index contributed by atoms with van der Waals surface area (Å²) < 4.78 is 0. The van der Waals surface area contributed by atoms with Gasteiger partial charge >= 0.3 is 0 Å². The molecule has 0 spiro atoms. The number of carbonyl (C=O) groups is 1. The highest BCUT2D eigenvalue weighted by molar-refractivity contribution is 7.10. The molecule has 2 aromatic rings. The van der Waals surface area contributed by atoms with E-state index >= 15 is 0 Å². The van der Waals surface area contributed by atoms with Crippen molar-refractivity contribution in [1.29, 1.82) is 0 Å². The fourth-order valence-corrected chi connectivity index (χ4v) is 4.89. The monoisotopic (exact) mass is 354 g/mol. The van der Waals surface area contributed by atoms with Crippen molar-refractivity contribution in [3.05, 3.63) is 56.8 Å². The van der Waals surface area contributed by atoms with E-state index in [1.807, 2.05) is 11.3 Å². The maximum absolute atomic E-state index is 12.3. The highest BCUT2D eigenvalue weighted by Crippen LogP contribution is 2.24. The lowest BCUT2D eigenvalue weighted by atomic mass is 9.90. The van der Waals surface area contributed by atoms with Crippen molar-refractivity contribution in [2.75, 3.05) is 19.6 Å². The van der Waals surface area contributed by atoms with Gasteiger partial charge in [0, 0.05) is 31.1 Å². The summed E-state index contributed by atoms with van der Waals surface area (Å²) in [4.78, 5) is 16.2. The molecular formula is C21H26N2OS. The van der Waals surface area contributed by atoms with E-state index in [1.165, 1.54) is 47.3 Å². The second kappa shape index (κ2) is 7.71. The zero-order valence-electron chi connectivity index (χ0n) is 14.7. The molecular weight excluding hydrogens is 328 g/mol. The lowest BCUT2D eigenvalue weighted by molar-refractivity contribution is -0.120. The van der Waals surface area contributed by atoms with Crippen LogP contribution in [0.3, 0.4) is 0 Å². The Morgan fingerprint density at radius 2 is 1.96 bits per heavy atom. The zero-order valence-corrected chi connectivity index (χ0v) is 15.5. The predicted octanol–water partition coefficient (Wildman–Crippen LogP) is 3.34. The van der Waals surface area contributed by atoms with Crippen LogP contribution in [0, 0.1) is 0 Å². The number of fused-ring (bicyclic) bond motifs is 2. The SMILES string of the molecule is O=C(Cc1ccc2c(c1)CCCC2)NCCN1CCc2sccc2C1. The summed E-state index contributed by atoms with van der Waals surface area (Å²) in [5, 5.41) is 5.29. The Bertz CT molecular complexity index is 752. The smallest absolute Gasteiger partial charge is 0.224 e. The van der Waals surface area contributed by atoms with Crippen LogP contribution in [0.15, 0.2) is 29.6 Å². The van der Waals surface area contributed by atoms with Gasteiger partial charge < -0.3 is 5.32 Å². The fraction of sp³-hybridized carbons (Fsp3) is 0.476. The average Bonchev–Trinajstić information content (AvgIpc) is 3.09. The molecule has 4 rings (SSSR count). The van der Waals surface area contributed by atoms with E-state index in [4.69, 9.17) is 0 Å². The van der Waals surface area contributed by atoms with Crippen molar-refractivity contribution in [1.82, 2.24) is 10.2 Å². The molecule has 0 radical (unpaired) electrons. The topological polar surface area (TPSA) is 32.3 Å². The van der Waals surface area contributed by atoms with Gasteiger partial charge in [0.05, 0.1) is 6.42 Å². The van der Waals surface area contributed by atoms with Gasteiger partial charge in [-0.05, 0) is 65.8 Å². The average molecular weight is 355 g/mol. The molecule has 2 aliphatic rings. The van der Waals surface area contributed by atoms with Gasteiger partial charge in [0.1, 0.15) is 0 Å². The molecule has 1 amide bonds. The van der Waals surface area contributed by atoms with Crippen molar-refractivity contribution in [3.63, 3.8) is 0 Å². The Kier molecular flexibility index (Phi) is 5.18. The normalized spacial score (nSPS) is 17.0. The lowest BCUT2D eigenvalue weighted by Gasteiger charge is -2.26. The highest BCUT2D eigenvalue weighted by atomic mass is 32.1. The van der Waals surface area contributed by atoms with E-state index < -0.39 is 0 Å². The summed E-state index contributed by atoms with van der Waals surface area (Å²) in [6, 6.07) is 8.84. The van der Waals surface area contributed by atoms with Crippen LogP contribution in [0.25, 0.3) is 0 Å². The van der Waals surface area contributed by atoms with Gasteiger partial charge in [-0.3, -0.25) is 9.69 Å². The van der Waals surface area contributed by atoms with E-state index in [0.29, 0.717) is 6.42 Å². The van der Waals surface area contributed by atoms with Crippen molar-refractivity contribution < 1.29 is 4.79 Å². The number of nitrogens with zero attached hydrogens (tertiary/aromatic N) is 1. The molecule has 0 saturated heterocycles. The van der Waals surface area contributed by atoms with Crippen LogP contribution in [0.5, 0.6) is 0 Å². The van der Waals surface area contributed by atoms with Gasteiger partial charge in [0.15, 0.2) is 0 Å². The molecule has 0 saturated carbocycles. The van der Waals surface area contributed by atoms with Crippen LogP contribution in [-0.2, 0) is 37.0 Å². The van der Waals surface area contributed by atoms with Crippen molar-refractivity contribution in [2.24, 2.45) is 0 Å².